The average molecular weight is 320 g/mol. The molecule has 1 amide bonds. The van der Waals surface area contributed by atoms with E-state index in [2.05, 4.69) is 15.3 Å². The molecule has 8 heteroatoms. The molecule has 108 valence electrons. The summed E-state index contributed by atoms with van der Waals surface area (Å²) in [6.45, 7) is 0. The molecule has 0 saturated carbocycles. The number of rotatable bonds is 2. The highest BCUT2D eigenvalue weighted by Gasteiger charge is 2.05. The number of para-hydroxylation sites is 1. The van der Waals surface area contributed by atoms with Gasteiger partial charge in [0.1, 0.15) is 5.75 Å². The number of aromatic nitrogens is 2. The van der Waals surface area contributed by atoms with Crippen LogP contribution in [0.1, 0.15) is 0 Å². The number of nitrogen functional groups attached to an aromatic ring is 1. The van der Waals surface area contributed by atoms with Crippen molar-refractivity contribution in [3.63, 3.8) is 0 Å². The van der Waals surface area contributed by atoms with E-state index in [-0.39, 0.29) is 0 Å². The molecule has 1 aromatic carbocycles. The standard InChI is InChI=1S/C10H8N2O2S.C3H4N2S/c13-10(12-9-11-6-7-15-9)14-8-4-2-1-3-5-8;4-3-5-1-2-6-3/h1-7H,(H,11,12,13);1-2H,(H2,4,5). The first-order valence-corrected chi connectivity index (χ1v) is 7.58. The van der Waals surface area contributed by atoms with E-state index in [1.807, 2.05) is 11.4 Å². The Morgan fingerprint density at radius 3 is 2.33 bits per heavy atom. The van der Waals surface area contributed by atoms with E-state index in [4.69, 9.17) is 10.5 Å². The summed E-state index contributed by atoms with van der Waals surface area (Å²) in [6, 6.07) is 8.87. The van der Waals surface area contributed by atoms with Crippen molar-refractivity contribution < 1.29 is 9.53 Å². The number of nitrogens with two attached hydrogens (primary N) is 1. The lowest BCUT2D eigenvalue weighted by atomic mass is 10.3. The third-order valence-corrected chi connectivity index (χ3v) is 3.34. The molecule has 6 nitrogen and oxygen atoms in total. The zero-order valence-corrected chi connectivity index (χ0v) is 12.4. The maximum Gasteiger partial charge on any atom is 0.418 e. The molecule has 2 aromatic heterocycles. The SMILES string of the molecule is Nc1nccs1.O=C(Nc1nccs1)Oc1ccccc1. The number of nitrogens with one attached hydrogen (secondary N) is 1. The average Bonchev–Trinajstić information content (AvgIpc) is 3.14. The van der Waals surface area contributed by atoms with Gasteiger partial charge < -0.3 is 10.5 Å². The van der Waals surface area contributed by atoms with Crippen LogP contribution in [0.15, 0.2) is 53.5 Å². The molecule has 3 aromatic rings. The highest BCUT2D eigenvalue weighted by molar-refractivity contribution is 7.13. The number of amides is 1. The fourth-order valence-corrected chi connectivity index (χ4v) is 2.13. The number of hydrogen-bond donors (Lipinski definition) is 2. The lowest BCUT2D eigenvalue weighted by Gasteiger charge is -2.03. The number of carbonyl (C=O) groups excluding carboxylic acids is 1. The third kappa shape index (κ3) is 5.59. The van der Waals surface area contributed by atoms with E-state index in [0.29, 0.717) is 16.0 Å². The van der Waals surface area contributed by atoms with Gasteiger partial charge in [-0.2, -0.15) is 0 Å². The van der Waals surface area contributed by atoms with Crippen molar-refractivity contribution in [2.45, 2.75) is 0 Å². The Hall–Kier alpha value is -2.45. The predicted octanol–water partition coefficient (Wildman–Crippen LogP) is 3.48. The number of carbonyl (C=O) groups is 1. The highest BCUT2D eigenvalue weighted by atomic mass is 32.1. The van der Waals surface area contributed by atoms with Crippen LogP contribution < -0.4 is 15.8 Å². The summed E-state index contributed by atoms with van der Waals surface area (Å²) in [4.78, 5) is 18.9. The first-order valence-electron chi connectivity index (χ1n) is 5.82. The molecule has 0 fully saturated rings. The Kier molecular flexibility index (Phi) is 5.68. The molecular weight excluding hydrogens is 308 g/mol. The molecular formula is C13H12N4O2S2. The Morgan fingerprint density at radius 1 is 1.10 bits per heavy atom. The van der Waals surface area contributed by atoms with Crippen LogP contribution >= 0.6 is 22.7 Å². The molecule has 0 atom stereocenters. The topological polar surface area (TPSA) is 90.1 Å². The number of nitrogens with zero attached hydrogens (tertiary/aromatic N) is 2. The Balaban J connectivity index is 0.000000225. The van der Waals surface area contributed by atoms with Crippen molar-refractivity contribution in [1.29, 1.82) is 0 Å². The summed E-state index contributed by atoms with van der Waals surface area (Å²) >= 11 is 2.78. The normalized spacial score (nSPS) is 9.33. The first-order chi connectivity index (χ1) is 10.2. The monoisotopic (exact) mass is 320 g/mol. The van der Waals surface area contributed by atoms with Crippen molar-refractivity contribution in [3.05, 3.63) is 53.5 Å². The maximum atomic E-state index is 11.3. The fourth-order valence-electron chi connectivity index (χ4n) is 1.23. The van der Waals surface area contributed by atoms with Crippen LogP contribution in [0.2, 0.25) is 0 Å². The molecule has 0 spiro atoms. The van der Waals surface area contributed by atoms with Gasteiger partial charge in [0.15, 0.2) is 10.3 Å². The minimum Gasteiger partial charge on any atom is -0.410 e. The zero-order chi connectivity index (χ0) is 14.9. The van der Waals surface area contributed by atoms with E-state index in [1.54, 1.807) is 42.0 Å². The van der Waals surface area contributed by atoms with Gasteiger partial charge in [-0.05, 0) is 12.1 Å². The van der Waals surface area contributed by atoms with Gasteiger partial charge in [0.25, 0.3) is 0 Å². The number of hydrogen-bond acceptors (Lipinski definition) is 7. The predicted molar refractivity (Wildman–Crippen MR) is 84.7 cm³/mol. The van der Waals surface area contributed by atoms with Crippen LogP contribution in [-0.4, -0.2) is 16.1 Å². The van der Waals surface area contributed by atoms with Gasteiger partial charge in [0, 0.05) is 23.2 Å². The summed E-state index contributed by atoms with van der Waals surface area (Å²) < 4.78 is 5.00. The second-order valence-corrected chi connectivity index (χ2v) is 5.36. The van der Waals surface area contributed by atoms with E-state index in [9.17, 15) is 4.79 Å². The fraction of sp³-hybridized carbons (Fsp3) is 0. The van der Waals surface area contributed by atoms with Crippen molar-refractivity contribution >= 4 is 39.0 Å². The van der Waals surface area contributed by atoms with Gasteiger partial charge in [-0.25, -0.2) is 14.8 Å². The molecule has 0 saturated heterocycles. The van der Waals surface area contributed by atoms with Gasteiger partial charge in [0.05, 0.1) is 0 Å². The van der Waals surface area contributed by atoms with Crippen LogP contribution in [0.3, 0.4) is 0 Å². The second kappa shape index (κ2) is 7.98. The smallest absolute Gasteiger partial charge is 0.410 e. The van der Waals surface area contributed by atoms with Gasteiger partial charge in [-0.3, -0.25) is 5.32 Å². The van der Waals surface area contributed by atoms with Gasteiger partial charge in [-0.1, -0.05) is 18.2 Å². The number of ether oxygens (including phenoxy) is 1. The first kappa shape index (κ1) is 14.9. The molecule has 0 bridgehead atoms. The van der Waals surface area contributed by atoms with Crippen molar-refractivity contribution in [2.24, 2.45) is 0 Å². The molecule has 0 radical (unpaired) electrons. The largest absolute Gasteiger partial charge is 0.418 e. The minimum absolute atomic E-state index is 0.506. The van der Waals surface area contributed by atoms with Crippen LogP contribution in [0.4, 0.5) is 15.1 Å². The Morgan fingerprint density at radius 2 is 1.81 bits per heavy atom. The van der Waals surface area contributed by atoms with Crippen LogP contribution in [0.25, 0.3) is 0 Å². The zero-order valence-electron chi connectivity index (χ0n) is 10.8. The van der Waals surface area contributed by atoms with Crippen molar-refractivity contribution in [2.75, 3.05) is 11.1 Å². The van der Waals surface area contributed by atoms with Crippen LogP contribution in [0.5, 0.6) is 5.75 Å². The summed E-state index contributed by atoms with van der Waals surface area (Å²) in [6.07, 6.45) is 2.76. The van der Waals surface area contributed by atoms with Gasteiger partial charge in [-0.15, -0.1) is 22.7 Å². The number of anilines is 2. The third-order valence-electron chi connectivity index (χ3n) is 2.05. The molecule has 21 heavy (non-hydrogen) atoms. The molecule has 0 aliphatic heterocycles. The molecule has 3 rings (SSSR count). The highest BCUT2D eigenvalue weighted by Crippen LogP contribution is 2.13. The Bertz CT molecular complexity index is 642. The second-order valence-electron chi connectivity index (χ2n) is 3.54. The van der Waals surface area contributed by atoms with Crippen molar-refractivity contribution in [3.8, 4) is 5.75 Å². The lowest BCUT2D eigenvalue weighted by molar-refractivity contribution is 0.215. The lowest BCUT2D eigenvalue weighted by Crippen LogP contribution is -2.16. The van der Waals surface area contributed by atoms with Gasteiger partial charge >= 0.3 is 6.09 Å². The summed E-state index contributed by atoms with van der Waals surface area (Å²) in [5, 5.41) is 7.29. The molecule has 3 N–H and O–H groups in total. The maximum absolute atomic E-state index is 11.3. The molecule has 0 aliphatic rings. The van der Waals surface area contributed by atoms with E-state index in [1.165, 1.54) is 22.7 Å². The quantitative estimate of drug-likeness (QED) is 0.754. The van der Waals surface area contributed by atoms with E-state index < -0.39 is 6.09 Å². The van der Waals surface area contributed by atoms with E-state index >= 15 is 0 Å². The Labute approximate surface area is 129 Å². The van der Waals surface area contributed by atoms with Crippen LogP contribution in [-0.2, 0) is 0 Å². The molecule has 0 aliphatic carbocycles. The molecule has 2 heterocycles. The molecule has 0 unspecified atom stereocenters. The summed E-state index contributed by atoms with van der Waals surface area (Å²) in [5.74, 6) is 0.506. The van der Waals surface area contributed by atoms with E-state index in [0.717, 1.165) is 0 Å². The number of thiazole rings is 2. The summed E-state index contributed by atoms with van der Waals surface area (Å²) in [5.41, 5.74) is 5.19. The summed E-state index contributed by atoms with van der Waals surface area (Å²) in [7, 11) is 0. The van der Waals surface area contributed by atoms with Crippen molar-refractivity contribution in [1.82, 2.24) is 9.97 Å². The number of benzene rings is 1. The minimum atomic E-state index is -0.531. The van der Waals surface area contributed by atoms with Gasteiger partial charge in [0.2, 0.25) is 0 Å². The van der Waals surface area contributed by atoms with Crippen LogP contribution in [0, 0.1) is 0 Å².